The Morgan fingerprint density at radius 2 is 1.74 bits per heavy atom. The van der Waals surface area contributed by atoms with E-state index in [1.54, 1.807) is 24.3 Å². The Morgan fingerprint density at radius 3 is 2.29 bits per heavy atom. The van der Waals surface area contributed by atoms with Gasteiger partial charge < -0.3 is 19.5 Å². The van der Waals surface area contributed by atoms with Gasteiger partial charge in [-0.3, -0.25) is 19.7 Å². The Kier molecular flexibility index (Phi) is 6.66. The summed E-state index contributed by atoms with van der Waals surface area (Å²) in [6.07, 6.45) is 0.482. The van der Waals surface area contributed by atoms with Crippen LogP contribution in [0.5, 0.6) is 5.75 Å². The molecule has 162 valence electrons. The van der Waals surface area contributed by atoms with Crippen molar-refractivity contribution in [3.05, 3.63) is 75.3 Å². The number of rotatable bonds is 8. The Bertz CT molecular complexity index is 1010. The monoisotopic (exact) mass is 426 g/mol. The van der Waals surface area contributed by atoms with Crippen molar-refractivity contribution in [1.82, 2.24) is 4.90 Å². The molecule has 9 nitrogen and oxygen atoms in total. The molecule has 1 aliphatic heterocycles. The minimum Gasteiger partial charge on any atom is -0.507 e. The molecule has 0 saturated carbocycles. The van der Waals surface area contributed by atoms with Gasteiger partial charge in [0.05, 0.1) is 23.6 Å². The predicted molar refractivity (Wildman–Crippen MR) is 112 cm³/mol. The SMILES string of the molecule is COCCCN1C(=O)C(=O)/C(=C(/O)c2ccc(OC)cc2)[C@H]1c1ccc([N+](=O)[O-])cc1. The van der Waals surface area contributed by atoms with Crippen LogP contribution in [0.3, 0.4) is 0 Å². The minimum absolute atomic E-state index is 0.0681. The summed E-state index contributed by atoms with van der Waals surface area (Å²) in [5.41, 5.74) is 0.650. The number of Topliss-reactive ketones (excluding diaryl/α,β-unsaturated/α-hetero) is 1. The second kappa shape index (κ2) is 9.40. The van der Waals surface area contributed by atoms with Gasteiger partial charge >= 0.3 is 0 Å². The van der Waals surface area contributed by atoms with Crippen LogP contribution < -0.4 is 4.74 Å². The molecule has 1 fully saturated rings. The van der Waals surface area contributed by atoms with Crippen molar-refractivity contribution >= 4 is 23.1 Å². The van der Waals surface area contributed by atoms with E-state index in [2.05, 4.69) is 0 Å². The number of ether oxygens (including phenoxy) is 2. The summed E-state index contributed by atoms with van der Waals surface area (Å²) in [4.78, 5) is 37.5. The van der Waals surface area contributed by atoms with Gasteiger partial charge in [0.15, 0.2) is 0 Å². The molecule has 1 N–H and O–H groups in total. The van der Waals surface area contributed by atoms with Gasteiger partial charge in [-0.15, -0.1) is 0 Å². The van der Waals surface area contributed by atoms with Gasteiger partial charge in [-0.2, -0.15) is 0 Å². The van der Waals surface area contributed by atoms with Crippen LogP contribution in [0.1, 0.15) is 23.6 Å². The Hall–Kier alpha value is -3.72. The topological polar surface area (TPSA) is 119 Å². The zero-order valence-corrected chi connectivity index (χ0v) is 17.1. The average Bonchev–Trinajstić information content (AvgIpc) is 3.04. The van der Waals surface area contributed by atoms with Gasteiger partial charge in [0, 0.05) is 38.0 Å². The first-order chi connectivity index (χ1) is 14.9. The number of non-ortho nitro benzene ring substituents is 1. The predicted octanol–water partition coefficient (Wildman–Crippen LogP) is 3.06. The summed E-state index contributed by atoms with van der Waals surface area (Å²) in [6.45, 7) is 0.605. The van der Waals surface area contributed by atoms with Gasteiger partial charge in [-0.25, -0.2) is 0 Å². The zero-order chi connectivity index (χ0) is 22.5. The first-order valence-electron chi connectivity index (χ1n) is 9.55. The van der Waals surface area contributed by atoms with Crippen molar-refractivity contribution in [2.24, 2.45) is 0 Å². The fourth-order valence-electron chi connectivity index (χ4n) is 3.52. The summed E-state index contributed by atoms with van der Waals surface area (Å²) in [6, 6.07) is 11.1. The van der Waals surface area contributed by atoms with Crippen molar-refractivity contribution in [3.63, 3.8) is 0 Å². The largest absolute Gasteiger partial charge is 0.507 e. The number of hydrogen-bond acceptors (Lipinski definition) is 7. The molecule has 2 aromatic carbocycles. The van der Waals surface area contributed by atoms with Crippen LogP contribution in [0.4, 0.5) is 5.69 Å². The molecular formula is C22H22N2O7. The van der Waals surface area contributed by atoms with E-state index in [1.807, 2.05) is 0 Å². The van der Waals surface area contributed by atoms with Gasteiger partial charge in [0.25, 0.3) is 17.4 Å². The molecule has 2 aromatic rings. The van der Waals surface area contributed by atoms with Crippen LogP contribution in [-0.4, -0.2) is 54.0 Å². The highest BCUT2D eigenvalue weighted by Crippen LogP contribution is 2.40. The first-order valence-corrected chi connectivity index (χ1v) is 9.55. The van der Waals surface area contributed by atoms with Crippen molar-refractivity contribution in [2.45, 2.75) is 12.5 Å². The fraction of sp³-hybridized carbons (Fsp3) is 0.273. The van der Waals surface area contributed by atoms with Gasteiger partial charge in [0.1, 0.15) is 11.5 Å². The maximum atomic E-state index is 12.9. The van der Waals surface area contributed by atoms with Crippen LogP contribution in [0.25, 0.3) is 5.76 Å². The summed E-state index contributed by atoms with van der Waals surface area (Å²) in [7, 11) is 3.04. The molecule has 0 spiro atoms. The van der Waals surface area contributed by atoms with Crippen LogP contribution in [0.2, 0.25) is 0 Å². The number of ketones is 1. The molecule has 1 saturated heterocycles. The van der Waals surface area contributed by atoms with Crippen molar-refractivity contribution in [2.75, 3.05) is 27.4 Å². The highest BCUT2D eigenvalue weighted by molar-refractivity contribution is 6.46. The first kappa shape index (κ1) is 22.0. The molecule has 1 atom stereocenters. The van der Waals surface area contributed by atoms with Crippen molar-refractivity contribution in [3.8, 4) is 5.75 Å². The summed E-state index contributed by atoms with van der Waals surface area (Å²) in [5, 5.41) is 21.9. The molecule has 3 rings (SSSR count). The molecule has 1 amide bonds. The molecule has 1 heterocycles. The molecule has 9 heteroatoms. The third-order valence-corrected chi connectivity index (χ3v) is 5.07. The summed E-state index contributed by atoms with van der Waals surface area (Å²) in [5.74, 6) is -1.30. The quantitative estimate of drug-likeness (QED) is 0.172. The van der Waals surface area contributed by atoms with E-state index in [1.165, 1.54) is 43.4 Å². The van der Waals surface area contributed by atoms with Crippen LogP contribution >= 0.6 is 0 Å². The lowest BCUT2D eigenvalue weighted by Crippen LogP contribution is -2.31. The lowest BCUT2D eigenvalue weighted by molar-refractivity contribution is -0.384. The van der Waals surface area contributed by atoms with E-state index in [-0.39, 0.29) is 23.6 Å². The number of nitro benzene ring substituents is 1. The number of nitrogens with zero attached hydrogens (tertiary/aromatic N) is 2. The number of nitro groups is 1. The standard InChI is InChI=1S/C22H22N2O7/c1-30-13-3-12-23-19(14-4-8-16(9-5-14)24(28)29)18(21(26)22(23)27)20(25)15-6-10-17(31-2)11-7-15/h4-11,19,25H,3,12-13H2,1-2H3/b20-18+/t19-/m1/s1. The Balaban J connectivity index is 2.10. The molecule has 0 bridgehead atoms. The number of likely N-dealkylation sites (tertiary alicyclic amines) is 1. The van der Waals surface area contributed by atoms with E-state index in [9.17, 15) is 24.8 Å². The smallest absolute Gasteiger partial charge is 0.295 e. The molecule has 0 aliphatic carbocycles. The molecular weight excluding hydrogens is 404 g/mol. The van der Waals surface area contributed by atoms with Gasteiger partial charge in [-0.05, 0) is 48.4 Å². The minimum atomic E-state index is -0.875. The lowest BCUT2D eigenvalue weighted by atomic mass is 9.95. The van der Waals surface area contributed by atoms with Crippen LogP contribution in [-0.2, 0) is 14.3 Å². The molecule has 0 aromatic heterocycles. The number of carbonyl (C=O) groups is 2. The summed E-state index contributed by atoms with van der Waals surface area (Å²) < 4.78 is 10.2. The molecule has 0 radical (unpaired) electrons. The van der Waals surface area contributed by atoms with Gasteiger partial charge in [-0.1, -0.05) is 0 Å². The number of hydrogen-bond donors (Lipinski definition) is 1. The average molecular weight is 426 g/mol. The van der Waals surface area contributed by atoms with E-state index in [0.717, 1.165) is 0 Å². The maximum absolute atomic E-state index is 12.9. The second-order valence-electron chi connectivity index (χ2n) is 6.92. The zero-order valence-electron chi connectivity index (χ0n) is 17.1. The molecule has 1 aliphatic rings. The summed E-state index contributed by atoms with van der Waals surface area (Å²) >= 11 is 0. The number of methoxy groups -OCH3 is 2. The third kappa shape index (κ3) is 4.41. The highest BCUT2D eigenvalue weighted by Gasteiger charge is 2.45. The lowest BCUT2D eigenvalue weighted by Gasteiger charge is -2.25. The number of aliphatic hydroxyl groups excluding tert-OH is 1. The van der Waals surface area contributed by atoms with Crippen LogP contribution in [0, 0.1) is 10.1 Å². The normalized spacial score (nSPS) is 17.7. The van der Waals surface area contributed by atoms with E-state index in [0.29, 0.717) is 29.9 Å². The number of amides is 1. The van der Waals surface area contributed by atoms with E-state index in [4.69, 9.17) is 9.47 Å². The number of aliphatic hydroxyl groups is 1. The van der Waals surface area contributed by atoms with Crippen molar-refractivity contribution < 1.29 is 29.1 Å². The third-order valence-electron chi connectivity index (χ3n) is 5.07. The highest BCUT2D eigenvalue weighted by atomic mass is 16.6. The Morgan fingerprint density at radius 1 is 1.10 bits per heavy atom. The number of benzene rings is 2. The maximum Gasteiger partial charge on any atom is 0.295 e. The van der Waals surface area contributed by atoms with Crippen molar-refractivity contribution in [1.29, 1.82) is 0 Å². The Labute approximate surface area is 178 Å². The fourth-order valence-corrected chi connectivity index (χ4v) is 3.52. The van der Waals surface area contributed by atoms with E-state index < -0.39 is 22.7 Å². The molecule has 0 unspecified atom stereocenters. The second-order valence-corrected chi connectivity index (χ2v) is 6.92. The molecule has 31 heavy (non-hydrogen) atoms. The van der Waals surface area contributed by atoms with E-state index >= 15 is 0 Å². The van der Waals surface area contributed by atoms with Crippen LogP contribution in [0.15, 0.2) is 54.1 Å². The number of carbonyl (C=O) groups excluding carboxylic acids is 2. The van der Waals surface area contributed by atoms with Gasteiger partial charge in [0.2, 0.25) is 0 Å².